The van der Waals surface area contributed by atoms with Gasteiger partial charge >= 0.3 is 0 Å². The van der Waals surface area contributed by atoms with Gasteiger partial charge in [-0.2, -0.15) is 0 Å². The minimum atomic E-state index is -3.19. The van der Waals surface area contributed by atoms with Gasteiger partial charge in [0, 0.05) is 18.8 Å². The first kappa shape index (κ1) is 9.98. The highest BCUT2D eigenvalue weighted by Crippen LogP contribution is 2.18. The molecule has 0 N–H and O–H groups in total. The van der Waals surface area contributed by atoms with Gasteiger partial charge in [-0.3, -0.25) is 9.29 Å². The minimum absolute atomic E-state index is 0.609. The molecule has 1 radical (unpaired) electrons. The third-order valence-electron chi connectivity index (χ3n) is 1.76. The maximum atomic E-state index is 11.2. The first-order valence-electron chi connectivity index (χ1n) is 3.70. The molecule has 71 valence electrons. The number of aryl methyl sites for hydroxylation is 1. The summed E-state index contributed by atoms with van der Waals surface area (Å²) in [4.78, 5) is 3.76. The molecule has 13 heavy (non-hydrogen) atoms. The summed E-state index contributed by atoms with van der Waals surface area (Å²) in [5.74, 6) is 0. The highest BCUT2D eigenvalue weighted by Gasteiger charge is 2.13. The first-order chi connectivity index (χ1) is 5.93. The Hall–Kier alpha value is -1.10. The van der Waals surface area contributed by atoms with Gasteiger partial charge in [-0.1, -0.05) is 0 Å². The Bertz CT molecular complexity index is 400. The van der Waals surface area contributed by atoms with Gasteiger partial charge < -0.3 is 0 Å². The van der Waals surface area contributed by atoms with Gasteiger partial charge in [0.1, 0.15) is 0 Å². The standard InChI is InChI=1S/C8H11N2O2S/c1-7-6-9-5-4-8(7)10(2)13(3,11)12/h4-5H,1-3H3. The molecule has 0 unspecified atom stereocenters. The number of hydrogen-bond donors (Lipinski definition) is 0. The summed E-state index contributed by atoms with van der Waals surface area (Å²) >= 11 is 0. The largest absolute Gasteiger partial charge is 0.273 e. The Morgan fingerprint density at radius 1 is 1.54 bits per heavy atom. The van der Waals surface area contributed by atoms with Gasteiger partial charge in [-0.15, -0.1) is 0 Å². The molecule has 0 aliphatic carbocycles. The second kappa shape index (κ2) is 3.33. The molecule has 1 aromatic heterocycles. The van der Waals surface area contributed by atoms with Crippen LogP contribution in [0, 0.1) is 13.1 Å². The minimum Gasteiger partial charge on any atom is -0.273 e. The summed E-state index contributed by atoms with van der Waals surface area (Å²) < 4.78 is 23.6. The predicted molar refractivity (Wildman–Crippen MR) is 51.1 cm³/mol. The average molecular weight is 199 g/mol. The quantitative estimate of drug-likeness (QED) is 0.700. The smallest absolute Gasteiger partial charge is 0.232 e. The lowest BCUT2D eigenvalue weighted by Crippen LogP contribution is -2.25. The van der Waals surface area contributed by atoms with E-state index in [9.17, 15) is 8.42 Å². The number of hydrogen-bond acceptors (Lipinski definition) is 3. The van der Waals surface area contributed by atoms with Crippen LogP contribution < -0.4 is 4.31 Å². The van der Waals surface area contributed by atoms with E-state index in [1.54, 1.807) is 13.0 Å². The Morgan fingerprint density at radius 2 is 2.15 bits per heavy atom. The van der Waals surface area contributed by atoms with Crippen LogP contribution in [0.3, 0.4) is 0 Å². The molecular weight excluding hydrogens is 188 g/mol. The SMILES string of the molecule is Cc1[c]nccc1N(C)S(C)(=O)=O. The highest BCUT2D eigenvalue weighted by atomic mass is 32.2. The van der Waals surface area contributed by atoms with Crippen molar-refractivity contribution in [1.82, 2.24) is 4.98 Å². The predicted octanol–water partition coefficient (Wildman–Crippen LogP) is 0.586. The molecule has 0 aliphatic heterocycles. The maximum Gasteiger partial charge on any atom is 0.232 e. The van der Waals surface area contributed by atoms with E-state index >= 15 is 0 Å². The summed E-state index contributed by atoms with van der Waals surface area (Å²) in [6.45, 7) is 1.77. The second-order valence-electron chi connectivity index (χ2n) is 2.80. The Labute approximate surface area is 78.3 Å². The number of anilines is 1. The van der Waals surface area contributed by atoms with E-state index in [2.05, 4.69) is 11.2 Å². The molecule has 4 nitrogen and oxygen atoms in total. The van der Waals surface area contributed by atoms with Crippen LogP contribution >= 0.6 is 0 Å². The number of rotatable bonds is 2. The number of pyridine rings is 1. The van der Waals surface area contributed by atoms with Crippen LogP contribution in [0.4, 0.5) is 5.69 Å². The maximum absolute atomic E-state index is 11.2. The molecule has 1 rings (SSSR count). The summed E-state index contributed by atoms with van der Waals surface area (Å²) in [6, 6.07) is 1.65. The van der Waals surface area contributed by atoms with Crippen LogP contribution in [-0.4, -0.2) is 26.7 Å². The monoisotopic (exact) mass is 199 g/mol. The molecule has 0 atom stereocenters. The molecule has 0 spiro atoms. The molecule has 0 amide bonds. The topological polar surface area (TPSA) is 50.3 Å². The fourth-order valence-electron chi connectivity index (χ4n) is 0.944. The lowest BCUT2D eigenvalue weighted by Gasteiger charge is -2.17. The van der Waals surface area contributed by atoms with Crippen molar-refractivity contribution in [2.24, 2.45) is 0 Å². The molecule has 1 aromatic rings. The van der Waals surface area contributed by atoms with Crippen molar-refractivity contribution >= 4 is 15.7 Å². The molecular formula is C8H11N2O2S. The van der Waals surface area contributed by atoms with Crippen LogP contribution in [-0.2, 0) is 10.0 Å². The number of sulfonamides is 1. The fourth-order valence-corrected chi connectivity index (χ4v) is 1.50. The zero-order chi connectivity index (χ0) is 10.1. The molecule has 0 aliphatic rings. The van der Waals surface area contributed by atoms with Gasteiger partial charge in [-0.05, 0) is 13.0 Å². The van der Waals surface area contributed by atoms with E-state index in [1.807, 2.05) is 0 Å². The van der Waals surface area contributed by atoms with Gasteiger partial charge in [0.15, 0.2) is 0 Å². The van der Waals surface area contributed by atoms with E-state index in [0.717, 1.165) is 11.8 Å². The van der Waals surface area contributed by atoms with Crippen molar-refractivity contribution in [2.45, 2.75) is 6.92 Å². The van der Waals surface area contributed by atoms with E-state index in [0.29, 0.717) is 5.69 Å². The van der Waals surface area contributed by atoms with Crippen LogP contribution in [0.5, 0.6) is 0 Å². The average Bonchev–Trinajstić information content (AvgIpc) is 2.02. The number of aromatic nitrogens is 1. The molecule has 0 bridgehead atoms. The molecule has 0 aromatic carbocycles. The van der Waals surface area contributed by atoms with Crippen LogP contribution in [0.1, 0.15) is 5.56 Å². The third-order valence-corrected chi connectivity index (χ3v) is 2.95. The lowest BCUT2D eigenvalue weighted by molar-refractivity contribution is 0.600. The molecule has 1 heterocycles. The molecule has 0 saturated heterocycles. The van der Waals surface area contributed by atoms with Gasteiger partial charge in [0.25, 0.3) is 0 Å². The second-order valence-corrected chi connectivity index (χ2v) is 4.81. The zero-order valence-electron chi connectivity index (χ0n) is 7.77. The van der Waals surface area contributed by atoms with E-state index in [4.69, 9.17) is 0 Å². The van der Waals surface area contributed by atoms with Crippen molar-refractivity contribution in [2.75, 3.05) is 17.6 Å². The lowest BCUT2D eigenvalue weighted by atomic mass is 10.3. The van der Waals surface area contributed by atoms with Crippen LogP contribution in [0.25, 0.3) is 0 Å². The van der Waals surface area contributed by atoms with E-state index in [1.165, 1.54) is 17.5 Å². The fraction of sp³-hybridized carbons (Fsp3) is 0.375. The highest BCUT2D eigenvalue weighted by molar-refractivity contribution is 7.92. The summed E-state index contributed by atoms with van der Waals surface area (Å²) in [7, 11) is -1.69. The number of nitrogens with zero attached hydrogens (tertiary/aromatic N) is 2. The first-order valence-corrected chi connectivity index (χ1v) is 5.55. The van der Waals surface area contributed by atoms with Crippen molar-refractivity contribution in [3.05, 3.63) is 24.0 Å². The van der Waals surface area contributed by atoms with Crippen molar-refractivity contribution in [3.63, 3.8) is 0 Å². The van der Waals surface area contributed by atoms with Crippen molar-refractivity contribution in [1.29, 1.82) is 0 Å². The Morgan fingerprint density at radius 3 is 2.62 bits per heavy atom. The molecule has 5 heteroatoms. The van der Waals surface area contributed by atoms with Gasteiger partial charge in [-0.25, -0.2) is 8.42 Å². The normalized spacial score (nSPS) is 11.3. The zero-order valence-corrected chi connectivity index (χ0v) is 8.59. The molecule has 0 fully saturated rings. The summed E-state index contributed by atoms with van der Waals surface area (Å²) in [6.07, 6.45) is 5.37. The van der Waals surface area contributed by atoms with Crippen LogP contribution in [0.15, 0.2) is 12.3 Å². The Kier molecular flexibility index (Phi) is 2.56. The van der Waals surface area contributed by atoms with Gasteiger partial charge in [0.05, 0.1) is 18.1 Å². The van der Waals surface area contributed by atoms with Crippen molar-refractivity contribution in [3.8, 4) is 0 Å². The third kappa shape index (κ3) is 2.18. The van der Waals surface area contributed by atoms with E-state index in [-0.39, 0.29) is 0 Å². The van der Waals surface area contributed by atoms with E-state index < -0.39 is 10.0 Å². The van der Waals surface area contributed by atoms with Crippen molar-refractivity contribution < 1.29 is 8.42 Å². The van der Waals surface area contributed by atoms with Crippen LogP contribution in [0.2, 0.25) is 0 Å². The Balaban J connectivity index is 3.17. The molecule has 0 saturated carbocycles. The summed E-state index contributed by atoms with van der Waals surface area (Å²) in [5, 5.41) is 0. The summed E-state index contributed by atoms with van der Waals surface area (Å²) in [5.41, 5.74) is 1.33. The van der Waals surface area contributed by atoms with Gasteiger partial charge in [0.2, 0.25) is 10.0 Å².